The summed E-state index contributed by atoms with van der Waals surface area (Å²) in [6, 6.07) is 11.4. The van der Waals surface area contributed by atoms with Crippen LogP contribution in [0.15, 0.2) is 42.5 Å². The molecule has 0 saturated heterocycles. The maximum atomic E-state index is 10.9. The normalized spacial score (nSPS) is 10.2. The number of nitrogens with zero attached hydrogens (tertiary/aromatic N) is 1. The Kier molecular flexibility index (Phi) is 4.39. The van der Waals surface area contributed by atoms with E-state index in [1.807, 2.05) is 0 Å². The number of nitro benzene ring substituents is 1. The Morgan fingerprint density at radius 3 is 2.63 bits per heavy atom. The molecule has 0 aliphatic carbocycles. The number of para-hydroxylation sites is 2. The molecule has 4 nitrogen and oxygen atoms in total. The van der Waals surface area contributed by atoms with Gasteiger partial charge in [0.25, 0.3) is 0 Å². The second-order valence-electron chi connectivity index (χ2n) is 3.71. The summed E-state index contributed by atoms with van der Waals surface area (Å²) >= 11 is 9.37. The van der Waals surface area contributed by atoms with Crippen molar-refractivity contribution in [2.24, 2.45) is 0 Å². The van der Waals surface area contributed by atoms with E-state index in [1.165, 1.54) is 6.07 Å². The van der Waals surface area contributed by atoms with Crippen molar-refractivity contribution in [2.45, 2.75) is 5.33 Å². The second-order valence-corrected chi connectivity index (χ2v) is 4.68. The van der Waals surface area contributed by atoms with Crippen LogP contribution >= 0.6 is 27.5 Å². The fraction of sp³-hybridized carbons (Fsp3) is 0.0769. The number of hydrogen-bond donors (Lipinski definition) is 0. The van der Waals surface area contributed by atoms with E-state index in [9.17, 15) is 10.1 Å². The number of halogens is 2. The Morgan fingerprint density at radius 1 is 1.26 bits per heavy atom. The summed E-state index contributed by atoms with van der Waals surface area (Å²) in [4.78, 5) is 10.4. The molecule has 19 heavy (non-hydrogen) atoms. The summed E-state index contributed by atoms with van der Waals surface area (Å²) < 4.78 is 5.51. The third kappa shape index (κ3) is 3.24. The first-order valence-corrected chi connectivity index (χ1v) is 6.87. The van der Waals surface area contributed by atoms with E-state index in [0.717, 1.165) is 5.56 Å². The maximum absolute atomic E-state index is 10.9. The molecular weight excluding hydrogens is 334 g/mol. The third-order valence-electron chi connectivity index (χ3n) is 2.46. The number of alkyl halides is 1. The van der Waals surface area contributed by atoms with Gasteiger partial charge >= 0.3 is 5.69 Å². The van der Waals surface area contributed by atoms with E-state index < -0.39 is 4.92 Å². The van der Waals surface area contributed by atoms with Crippen molar-refractivity contribution in [3.05, 3.63) is 63.2 Å². The van der Waals surface area contributed by atoms with Gasteiger partial charge in [0.15, 0.2) is 0 Å². The quantitative estimate of drug-likeness (QED) is 0.449. The molecule has 2 aromatic rings. The lowest BCUT2D eigenvalue weighted by atomic mass is 10.2. The highest BCUT2D eigenvalue weighted by molar-refractivity contribution is 9.08. The van der Waals surface area contributed by atoms with Crippen molar-refractivity contribution in [1.82, 2.24) is 0 Å². The molecule has 0 aliphatic rings. The van der Waals surface area contributed by atoms with Crippen molar-refractivity contribution < 1.29 is 9.66 Å². The minimum Gasteiger partial charge on any atom is -0.450 e. The second kappa shape index (κ2) is 6.04. The minimum absolute atomic E-state index is 0.0804. The van der Waals surface area contributed by atoms with Crippen LogP contribution < -0.4 is 4.74 Å². The van der Waals surface area contributed by atoms with Gasteiger partial charge in [-0.2, -0.15) is 0 Å². The van der Waals surface area contributed by atoms with Crippen molar-refractivity contribution in [3.63, 3.8) is 0 Å². The summed E-state index contributed by atoms with van der Waals surface area (Å²) in [5.74, 6) is 0.652. The maximum Gasteiger partial charge on any atom is 0.311 e. The van der Waals surface area contributed by atoms with Crippen LogP contribution in [0.25, 0.3) is 0 Å². The van der Waals surface area contributed by atoms with Gasteiger partial charge in [0, 0.05) is 16.4 Å². The Hall–Kier alpha value is -1.59. The van der Waals surface area contributed by atoms with Crippen molar-refractivity contribution in [2.75, 3.05) is 0 Å². The molecule has 0 amide bonds. The molecule has 0 bridgehead atoms. The SMILES string of the molecule is O=[N+]([O-])c1ccccc1Oc1ccc(CBr)c(Cl)c1. The van der Waals surface area contributed by atoms with Gasteiger partial charge in [-0.25, -0.2) is 0 Å². The van der Waals surface area contributed by atoms with Crippen molar-refractivity contribution in [1.29, 1.82) is 0 Å². The van der Waals surface area contributed by atoms with E-state index in [2.05, 4.69) is 15.9 Å². The summed E-state index contributed by atoms with van der Waals surface area (Å²) in [5.41, 5.74) is 0.847. The van der Waals surface area contributed by atoms with Gasteiger partial charge in [0.05, 0.1) is 4.92 Å². The summed E-state index contributed by atoms with van der Waals surface area (Å²) in [6.45, 7) is 0. The van der Waals surface area contributed by atoms with Crippen LogP contribution in [0.2, 0.25) is 5.02 Å². The van der Waals surface area contributed by atoms with Gasteiger partial charge in [-0.3, -0.25) is 10.1 Å². The number of hydrogen-bond acceptors (Lipinski definition) is 3. The summed E-state index contributed by atoms with van der Waals surface area (Å²) in [6.07, 6.45) is 0. The molecule has 0 radical (unpaired) electrons. The molecule has 0 aliphatic heterocycles. The predicted octanol–water partition coefficient (Wildman–Crippen LogP) is 4.94. The predicted molar refractivity (Wildman–Crippen MR) is 77.3 cm³/mol. The first-order valence-electron chi connectivity index (χ1n) is 5.37. The van der Waals surface area contributed by atoms with Crippen LogP contribution in [0.1, 0.15) is 5.56 Å². The average Bonchev–Trinajstić information content (AvgIpc) is 2.39. The fourth-order valence-corrected chi connectivity index (χ4v) is 2.41. The van der Waals surface area contributed by atoms with Crippen LogP contribution in [0, 0.1) is 10.1 Å². The highest BCUT2D eigenvalue weighted by atomic mass is 79.9. The average molecular weight is 343 g/mol. The molecule has 0 atom stereocenters. The molecule has 0 spiro atoms. The standard InChI is InChI=1S/C13H9BrClNO3/c14-8-9-5-6-10(7-11(9)15)19-13-4-2-1-3-12(13)16(17)18/h1-7H,8H2. The van der Waals surface area contributed by atoms with Gasteiger partial charge in [0.2, 0.25) is 5.75 Å². The molecule has 2 rings (SSSR count). The smallest absolute Gasteiger partial charge is 0.311 e. The van der Waals surface area contributed by atoms with E-state index in [1.54, 1.807) is 36.4 Å². The molecule has 0 fully saturated rings. The summed E-state index contributed by atoms with van der Waals surface area (Å²) in [5, 5.41) is 12.1. The lowest BCUT2D eigenvalue weighted by molar-refractivity contribution is -0.385. The fourth-order valence-electron chi connectivity index (χ4n) is 1.52. The topological polar surface area (TPSA) is 52.4 Å². The van der Waals surface area contributed by atoms with Crippen LogP contribution in [-0.4, -0.2) is 4.92 Å². The van der Waals surface area contributed by atoms with Crippen LogP contribution in [-0.2, 0) is 5.33 Å². The molecule has 0 saturated carbocycles. The third-order valence-corrected chi connectivity index (χ3v) is 3.41. The Bertz CT molecular complexity index is 619. The monoisotopic (exact) mass is 341 g/mol. The van der Waals surface area contributed by atoms with Gasteiger partial charge in [-0.15, -0.1) is 0 Å². The van der Waals surface area contributed by atoms with Crippen LogP contribution in [0.4, 0.5) is 5.69 Å². The van der Waals surface area contributed by atoms with E-state index in [-0.39, 0.29) is 11.4 Å². The van der Waals surface area contributed by atoms with E-state index in [4.69, 9.17) is 16.3 Å². The molecule has 0 unspecified atom stereocenters. The number of rotatable bonds is 4. The largest absolute Gasteiger partial charge is 0.450 e. The van der Waals surface area contributed by atoms with Gasteiger partial charge < -0.3 is 4.74 Å². The first-order chi connectivity index (χ1) is 9.11. The van der Waals surface area contributed by atoms with Gasteiger partial charge in [0.1, 0.15) is 5.75 Å². The van der Waals surface area contributed by atoms with Crippen LogP contribution in [0.3, 0.4) is 0 Å². The molecule has 6 heteroatoms. The zero-order chi connectivity index (χ0) is 13.8. The Morgan fingerprint density at radius 2 is 2.00 bits per heavy atom. The molecule has 0 aromatic heterocycles. The minimum atomic E-state index is -0.482. The molecular formula is C13H9BrClNO3. The van der Waals surface area contributed by atoms with Gasteiger partial charge in [-0.05, 0) is 23.8 Å². The van der Waals surface area contributed by atoms with Crippen molar-refractivity contribution in [3.8, 4) is 11.5 Å². The number of ether oxygens (including phenoxy) is 1. The van der Waals surface area contributed by atoms with Crippen molar-refractivity contribution >= 4 is 33.2 Å². The summed E-state index contributed by atoms with van der Waals surface area (Å²) in [7, 11) is 0. The highest BCUT2D eigenvalue weighted by Gasteiger charge is 2.14. The lowest BCUT2D eigenvalue weighted by Crippen LogP contribution is -1.93. The van der Waals surface area contributed by atoms with Crippen LogP contribution in [0.5, 0.6) is 11.5 Å². The number of benzene rings is 2. The van der Waals surface area contributed by atoms with Gasteiger partial charge in [-0.1, -0.05) is 45.7 Å². The first kappa shape index (κ1) is 13.8. The lowest BCUT2D eigenvalue weighted by Gasteiger charge is -2.07. The molecule has 2 aromatic carbocycles. The van der Waals surface area contributed by atoms with E-state index in [0.29, 0.717) is 16.1 Å². The Balaban J connectivity index is 2.31. The number of nitro groups is 1. The highest BCUT2D eigenvalue weighted by Crippen LogP contribution is 2.33. The molecule has 0 N–H and O–H groups in total. The molecule has 98 valence electrons. The molecule has 0 heterocycles. The zero-order valence-corrected chi connectivity index (χ0v) is 12.0. The van der Waals surface area contributed by atoms with E-state index >= 15 is 0 Å². The Labute approximate surface area is 123 Å². The zero-order valence-electron chi connectivity index (χ0n) is 9.68.